The van der Waals surface area contributed by atoms with E-state index in [4.69, 9.17) is 16.3 Å². The third kappa shape index (κ3) is 2.58. The molecule has 0 spiro atoms. The quantitative estimate of drug-likeness (QED) is 0.858. The number of hydrogen-bond acceptors (Lipinski definition) is 2. The molecule has 17 heavy (non-hydrogen) atoms. The molecule has 94 valence electrons. The van der Waals surface area contributed by atoms with Crippen molar-refractivity contribution in [2.45, 2.75) is 45.3 Å². The number of nitrogens with one attached hydrogen (secondary N) is 1. The summed E-state index contributed by atoms with van der Waals surface area (Å²) >= 11 is 6.18. The zero-order valence-corrected chi connectivity index (χ0v) is 11.3. The summed E-state index contributed by atoms with van der Waals surface area (Å²) in [6.07, 6.45) is 3.54. The van der Waals surface area contributed by atoms with E-state index >= 15 is 0 Å². The summed E-state index contributed by atoms with van der Waals surface area (Å²) in [4.78, 5) is 0. The summed E-state index contributed by atoms with van der Waals surface area (Å²) in [5, 5.41) is 4.29. The zero-order chi connectivity index (χ0) is 12.3. The number of hydrogen-bond donors (Lipinski definition) is 1. The number of benzene rings is 1. The Kier molecular flexibility index (Phi) is 4.30. The van der Waals surface area contributed by atoms with Gasteiger partial charge in [-0.1, -0.05) is 44.0 Å². The summed E-state index contributed by atoms with van der Waals surface area (Å²) in [6, 6.07) is 6.30. The number of fused-ring (bicyclic) bond motifs is 1. The lowest BCUT2D eigenvalue weighted by Gasteiger charge is -2.19. The molecule has 0 saturated heterocycles. The van der Waals surface area contributed by atoms with Crippen LogP contribution >= 0.6 is 11.6 Å². The van der Waals surface area contributed by atoms with E-state index < -0.39 is 0 Å². The van der Waals surface area contributed by atoms with Crippen molar-refractivity contribution >= 4 is 11.6 Å². The lowest BCUT2D eigenvalue weighted by molar-refractivity contribution is 0.178. The Balaban J connectivity index is 2.23. The second-order valence-electron chi connectivity index (χ2n) is 4.53. The van der Waals surface area contributed by atoms with E-state index in [0.29, 0.717) is 6.04 Å². The van der Waals surface area contributed by atoms with Crippen molar-refractivity contribution < 1.29 is 4.74 Å². The summed E-state index contributed by atoms with van der Waals surface area (Å²) in [5.74, 6) is 0.876. The molecule has 0 saturated carbocycles. The minimum Gasteiger partial charge on any atom is -0.487 e. The Hall–Kier alpha value is -0.730. The van der Waals surface area contributed by atoms with Gasteiger partial charge >= 0.3 is 0 Å². The van der Waals surface area contributed by atoms with Crippen molar-refractivity contribution in [1.82, 2.24) is 5.32 Å². The lowest BCUT2D eigenvalue weighted by Crippen LogP contribution is -2.31. The van der Waals surface area contributed by atoms with Gasteiger partial charge in [0.2, 0.25) is 0 Å². The predicted octanol–water partition coefficient (Wildman–Crippen LogP) is 3.94. The van der Waals surface area contributed by atoms with Crippen LogP contribution < -0.4 is 10.1 Å². The van der Waals surface area contributed by atoms with Crippen LogP contribution in [0.1, 0.15) is 44.7 Å². The first kappa shape index (κ1) is 12.7. The van der Waals surface area contributed by atoms with Crippen molar-refractivity contribution in [2.24, 2.45) is 0 Å². The monoisotopic (exact) mass is 253 g/mol. The molecule has 2 nitrogen and oxygen atoms in total. The molecule has 1 aromatic rings. The standard InChI is InChI=1S/C14H20ClNO/c1-3-6-12-13(16-9-4-2)10-7-5-8-11(15)14(10)17-12/h5,7-8,12-13,16H,3-4,6,9H2,1-2H3. The molecular weight excluding hydrogens is 234 g/mol. The molecule has 0 amide bonds. The first-order valence-corrected chi connectivity index (χ1v) is 6.84. The predicted molar refractivity (Wildman–Crippen MR) is 71.8 cm³/mol. The molecule has 1 heterocycles. The summed E-state index contributed by atoms with van der Waals surface area (Å²) in [5.41, 5.74) is 1.21. The van der Waals surface area contributed by atoms with Crippen LogP contribution in [0.15, 0.2) is 18.2 Å². The molecular formula is C14H20ClNO. The number of halogens is 1. The van der Waals surface area contributed by atoms with E-state index in [1.54, 1.807) is 0 Å². The molecule has 2 rings (SSSR count). The van der Waals surface area contributed by atoms with Gasteiger partial charge in [-0.15, -0.1) is 0 Å². The fraction of sp³-hybridized carbons (Fsp3) is 0.571. The molecule has 0 fully saturated rings. The highest BCUT2D eigenvalue weighted by molar-refractivity contribution is 6.32. The average molecular weight is 254 g/mol. The highest BCUT2D eigenvalue weighted by atomic mass is 35.5. The van der Waals surface area contributed by atoms with Crippen LogP contribution in [0.3, 0.4) is 0 Å². The Morgan fingerprint density at radius 2 is 2.12 bits per heavy atom. The molecule has 0 aromatic heterocycles. The number of rotatable bonds is 5. The van der Waals surface area contributed by atoms with Crippen molar-refractivity contribution in [3.05, 3.63) is 28.8 Å². The van der Waals surface area contributed by atoms with Crippen LogP contribution in [0.4, 0.5) is 0 Å². The van der Waals surface area contributed by atoms with Gasteiger partial charge in [-0.2, -0.15) is 0 Å². The maximum atomic E-state index is 6.18. The summed E-state index contributed by atoms with van der Waals surface area (Å²) < 4.78 is 5.99. The van der Waals surface area contributed by atoms with Gasteiger partial charge in [-0.05, 0) is 25.5 Å². The molecule has 0 radical (unpaired) electrons. The first-order valence-electron chi connectivity index (χ1n) is 6.46. The van der Waals surface area contributed by atoms with Gasteiger partial charge in [-0.25, -0.2) is 0 Å². The van der Waals surface area contributed by atoms with E-state index in [2.05, 4.69) is 25.2 Å². The maximum absolute atomic E-state index is 6.18. The van der Waals surface area contributed by atoms with E-state index in [-0.39, 0.29) is 6.10 Å². The molecule has 1 aliphatic rings. The average Bonchev–Trinajstić information content (AvgIpc) is 2.67. The Bertz CT molecular complexity index is 380. The van der Waals surface area contributed by atoms with Crippen LogP contribution in [-0.4, -0.2) is 12.6 Å². The highest BCUT2D eigenvalue weighted by Gasteiger charge is 2.34. The SMILES string of the molecule is CCCNC1c2cccc(Cl)c2OC1CCC. The Labute approximate surface area is 108 Å². The molecule has 1 aromatic carbocycles. The van der Waals surface area contributed by atoms with Crippen molar-refractivity contribution in [3.63, 3.8) is 0 Å². The molecule has 1 N–H and O–H groups in total. The fourth-order valence-corrected chi connectivity index (χ4v) is 2.59. The van der Waals surface area contributed by atoms with E-state index in [1.807, 2.05) is 12.1 Å². The maximum Gasteiger partial charge on any atom is 0.143 e. The van der Waals surface area contributed by atoms with Crippen molar-refractivity contribution in [2.75, 3.05) is 6.54 Å². The summed E-state index contributed by atoms with van der Waals surface area (Å²) in [7, 11) is 0. The third-order valence-electron chi connectivity index (χ3n) is 3.16. The van der Waals surface area contributed by atoms with Gasteiger partial charge in [0.25, 0.3) is 0 Å². The van der Waals surface area contributed by atoms with Crippen LogP contribution in [0.2, 0.25) is 5.02 Å². The third-order valence-corrected chi connectivity index (χ3v) is 3.46. The summed E-state index contributed by atoms with van der Waals surface area (Å²) in [6.45, 7) is 5.38. The lowest BCUT2D eigenvalue weighted by atomic mass is 10.0. The van der Waals surface area contributed by atoms with Gasteiger partial charge in [0.1, 0.15) is 11.9 Å². The molecule has 0 bridgehead atoms. The topological polar surface area (TPSA) is 21.3 Å². The van der Waals surface area contributed by atoms with Gasteiger partial charge in [0, 0.05) is 5.56 Å². The van der Waals surface area contributed by atoms with Gasteiger partial charge < -0.3 is 10.1 Å². The minimum absolute atomic E-state index is 0.224. The van der Waals surface area contributed by atoms with E-state index in [0.717, 1.165) is 36.6 Å². The fourth-order valence-electron chi connectivity index (χ4n) is 2.37. The zero-order valence-electron chi connectivity index (χ0n) is 10.5. The van der Waals surface area contributed by atoms with Crippen LogP contribution in [0.5, 0.6) is 5.75 Å². The second-order valence-corrected chi connectivity index (χ2v) is 4.94. The van der Waals surface area contributed by atoms with E-state index in [9.17, 15) is 0 Å². The first-order chi connectivity index (χ1) is 8.27. The van der Waals surface area contributed by atoms with Gasteiger partial charge in [0.05, 0.1) is 11.1 Å². The molecule has 0 aliphatic carbocycles. The molecule has 1 aliphatic heterocycles. The van der Waals surface area contributed by atoms with E-state index in [1.165, 1.54) is 5.56 Å². The van der Waals surface area contributed by atoms with Crippen LogP contribution in [0.25, 0.3) is 0 Å². The van der Waals surface area contributed by atoms with Crippen LogP contribution in [0, 0.1) is 0 Å². The van der Waals surface area contributed by atoms with Crippen molar-refractivity contribution in [3.8, 4) is 5.75 Å². The Morgan fingerprint density at radius 1 is 1.29 bits per heavy atom. The normalized spacial score (nSPS) is 22.3. The second kappa shape index (κ2) is 5.74. The highest BCUT2D eigenvalue weighted by Crippen LogP contribution is 2.42. The molecule has 3 heteroatoms. The number of ether oxygens (including phenoxy) is 1. The molecule has 2 unspecified atom stereocenters. The smallest absolute Gasteiger partial charge is 0.143 e. The van der Waals surface area contributed by atoms with Gasteiger partial charge in [0.15, 0.2) is 0 Å². The largest absolute Gasteiger partial charge is 0.487 e. The van der Waals surface area contributed by atoms with Crippen molar-refractivity contribution in [1.29, 1.82) is 0 Å². The minimum atomic E-state index is 0.224. The number of para-hydroxylation sites is 1. The van der Waals surface area contributed by atoms with Gasteiger partial charge in [-0.3, -0.25) is 0 Å². The molecule has 2 atom stereocenters. The Morgan fingerprint density at radius 3 is 2.82 bits per heavy atom. The van der Waals surface area contributed by atoms with Crippen LogP contribution in [-0.2, 0) is 0 Å².